The van der Waals surface area contributed by atoms with Crippen LogP contribution < -0.4 is 10.1 Å². The van der Waals surface area contributed by atoms with E-state index in [1.54, 1.807) is 24.3 Å². The number of methoxy groups -OCH3 is 1. The second-order valence-electron chi connectivity index (χ2n) is 5.46. The van der Waals surface area contributed by atoms with Crippen LogP contribution in [0.4, 0.5) is 10.3 Å². The molecule has 4 aromatic rings. The molecule has 0 saturated heterocycles. The lowest BCUT2D eigenvalue weighted by Gasteiger charge is -2.07. The zero-order valence-corrected chi connectivity index (χ0v) is 16.6. The first-order chi connectivity index (χ1) is 13.6. The lowest BCUT2D eigenvalue weighted by molar-refractivity contribution is 0.102. The Bertz CT molecular complexity index is 1170. The largest absolute Gasteiger partial charge is 0.494 e. The molecule has 0 bridgehead atoms. The van der Waals surface area contributed by atoms with Crippen molar-refractivity contribution in [2.75, 3.05) is 12.4 Å². The Balaban J connectivity index is 1.85. The summed E-state index contributed by atoms with van der Waals surface area (Å²) in [6.07, 6.45) is 0. The number of hydrogen-bond acceptors (Lipinski definition) is 7. The lowest BCUT2D eigenvalue weighted by Crippen LogP contribution is -2.12. The quantitative estimate of drug-likeness (QED) is 0.475. The average Bonchev–Trinajstić information content (AvgIpc) is 3.30. The lowest BCUT2D eigenvalue weighted by atomic mass is 10.2. The first-order valence-electron chi connectivity index (χ1n) is 7.84. The number of aromatic amines is 1. The van der Waals surface area contributed by atoms with Crippen LogP contribution in [-0.4, -0.2) is 33.6 Å². The molecule has 0 atom stereocenters. The number of nitrogens with one attached hydrogen (secondary N) is 2. The fourth-order valence-corrected chi connectivity index (χ4v) is 5.14. The van der Waals surface area contributed by atoms with Crippen molar-refractivity contribution in [3.8, 4) is 5.75 Å². The van der Waals surface area contributed by atoms with E-state index in [9.17, 15) is 4.79 Å². The van der Waals surface area contributed by atoms with Gasteiger partial charge in [-0.3, -0.25) is 10.1 Å². The number of hydrogen-bond donors (Lipinski definition) is 2. The Morgan fingerprint density at radius 3 is 2.93 bits per heavy atom. The molecule has 7 nitrogen and oxygen atoms in total. The first kappa shape index (κ1) is 18.7. The van der Waals surface area contributed by atoms with Crippen molar-refractivity contribution in [2.45, 2.75) is 9.79 Å². The zero-order chi connectivity index (χ0) is 19.7. The predicted octanol–water partition coefficient (Wildman–Crippen LogP) is 4.62. The van der Waals surface area contributed by atoms with E-state index in [0.717, 1.165) is 16.2 Å². The minimum atomic E-state index is -0.528. The van der Waals surface area contributed by atoms with Gasteiger partial charge in [0.15, 0.2) is 11.6 Å². The summed E-state index contributed by atoms with van der Waals surface area (Å²) in [5.41, 5.74) is 0. The van der Waals surface area contributed by atoms with E-state index >= 15 is 4.39 Å². The minimum absolute atomic E-state index is 0.0271. The number of carbonyl (C=O) groups excluding carboxylic acids is 1. The Labute approximate surface area is 171 Å². The van der Waals surface area contributed by atoms with Gasteiger partial charge < -0.3 is 4.74 Å². The number of carbonyl (C=O) groups is 1. The number of tetrazole rings is 1. The Morgan fingerprint density at radius 1 is 1.36 bits per heavy atom. The summed E-state index contributed by atoms with van der Waals surface area (Å²) < 4.78 is 20.7. The molecule has 0 unspecified atom stereocenters. The van der Waals surface area contributed by atoms with Crippen LogP contribution in [0.3, 0.4) is 0 Å². The number of rotatable bonds is 5. The average molecular weight is 436 g/mol. The molecule has 2 aromatic carbocycles. The van der Waals surface area contributed by atoms with Gasteiger partial charge in [-0.15, -0.1) is 16.4 Å². The van der Waals surface area contributed by atoms with Crippen LogP contribution in [-0.2, 0) is 0 Å². The van der Waals surface area contributed by atoms with Gasteiger partial charge in [0.05, 0.1) is 7.11 Å². The van der Waals surface area contributed by atoms with E-state index in [4.69, 9.17) is 16.3 Å². The number of aromatic nitrogens is 4. The normalized spacial score (nSPS) is 11.0. The van der Waals surface area contributed by atoms with E-state index in [-0.39, 0.29) is 11.7 Å². The van der Waals surface area contributed by atoms with E-state index in [2.05, 4.69) is 25.9 Å². The maximum atomic E-state index is 15.0. The molecule has 4 rings (SSSR count). The molecule has 0 aliphatic rings. The molecule has 0 aliphatic carbocycles. The van der Waals surface area contributed by atoms with Gasteiger partial charge >= 0.3 is 0 Å². The third kappa shape index (κ3) is 3.53. The van der Waals surface area contributed by atoms with Gasteiger partial charge in [-0.2, -0.15) is 5.21 Å². The monoisotopic (exact) mass is 435 g/mol. The minimum Gasteiger partial charge on any atom is -0.494 e. The summed E-state index contributed by atoms with van der Waals surface area (Å²) in [5, 5.41) is 16.5. The molecular formula is C17H11ClFN5O2S2. The molecular weight excluding hydrogens is 425 g/mol. The summed E-state index contributed by atoms with van der Waals surface area (Å²) in [4.78, 5) is 14.4. The topological polar surface area (TPSA) is 92.8 Å². The van der Waals surface area contributed by atoms with Crippen LogP contribution in [0.5, 0.6) is 5.75 Å². The standard InChI is InChI=1S/C17H11ClFN5O2S2/c1-26-10-5-6-11-12(13(10)19)14(27-9-4-2-3-8(18)7-9)15(28-11)16(25)20-17-21-23-24-22-17/h2-7H,1H3,(H2,20,21,22,23,24,25). The molecule has 2 aromatic heterocycles. The Morgan fingerprint density at radius 2 is 2.21 bits per heavy atom. The molecule has 0 fully saturated rings. The van der Waals surface area contributed by atoms with Crippen molar-refractivity contribution in [1.29, 1.82) is 0 Å². The van der Waals surface area contributed by atoms with Gasteiger partial charge in [0.1, 0.15) is 4.88 Å². The Hall–Kier alpha value is -2.69. The number of H-pyrrole nitrogens is 1. The third-order valence-corrected chi connectivity index (χ3v) is 6.35. The number of thiophene rings is 1. The number of benzene rings is 2. The molecule has 2 heterocycles. The van der Waals surface area contributed by atoms with Gasteiger partial charge in [-0.05, 0) is 35.5 Å². The number of nitrogens with zero attached hydrogens (tertiary/aromatic N) is 3. The number of anilines is 1. The smallest absolute Gasteiger partial charge is 0.270 e. The molecule has 0 aliphatic heterocycles. The van der Waals surface area contributed by atoms with Crippen LogP contribution >= 0.6 is 34.7 Å². The van der Waals surface area contributed by atoms with Crippen LogP contribution in [0.1, 0.15) is 9.67 Å². The molecule has 11 heteroatoms. The van der Waals surface area contributed by atoms with Gasteiger partial charge in [-0.1, -0.05) is 34.5 Å². The van der Waals surface area contributed by atoms with Crippen molar-refractivity contribution in [2.24, 2.45) is 0 Å². The highest BCUT2D eigenvalue weighted by Crippen LogP contribution is 2.45. The van der Waals surface area contributed by atoms with E-state index < -0.39 is 11.7 Å². The number of ether oxygens (including phenoxy) is 1. The summed E-state index contributed by atoms with van der Waals surface area (Å²) in [7, 11) is 1.39. The van der Waals surface area contributed by atoms with Crippen LogP contribution in [0.15, 0.2) is 46.2 Å². The molecule has 0 spiro atoms. The van der Waals surface area contributed by atoms with Crippen molar-refractivity contribution < 1.29 is 13.9 Å². The van der Waals surface area contributed by atoms with Gasteiger partial charge in [0, 0.05) is 24.9 Å². The van der Waals surface area contributed by atoms with E-state index in [1.807, 2.05) is 6.07 Å². The molecule has 2 N–H and O–H groups in total. The molecule has 1 amide bonds. The second-order valence-corrected chi connectivity index (χ2v) is 8.04. The first-order valence-corrected chi connectivity index (χ1v) is 9.85. The number of amides is 1. The highest BCUT2D eigenvalue weighted by Gasteiger charge is 2.24. The third-order valence-electron chi connectivity index (χ3n) is 3.73. The van der Waals surface area contributed by atoms with Crippen LogP contribution in [0, 0.1) is 5.82 Å². The second kappa shape index (κ2) is 7.74. The molecule has 28 heavy (non-hydrogen) atoms. The van der Waals surface area contributed by atoms with Gasteiger partial charge in [0.25, 0.3) is 11.9 Å². The maximum Gasteiger partial charge on any atom is 0.270 e. The van der Waals surface area contributed by atoms with Crippen molar-refractivity contribution in [3.05, 3.63) is 52.1 Å². The number of halogens is 2. The van der Waals surface area contributed by atoms with Crippen LogP contribution in [0.25, 0.3) is 10.1 Å². The highest BCUT2D eigenvalue weighted by atomic mass is 35.5. The Kier molecular flexibility index (Phi) is 5.16. The van der Waals surface area contributed by atoms with Crippen molar-refractivity contribution >= 4 is 56.6 Å². The van der Waals surface area contributed by atoms with Gasteiger partial charge in [0.2, 0.25) is 0 Å². The fourth-order valence-electron chi connectivity index (χ4n) is 2.53. The highest BCUT2D eigenvalue weighted by molar-refractivity contribution is 7.99. The van der Waals surface area contributed by atoms with E-state index in [0.29, 0.717) is 24.9 Å². The van der Waals surface area contributed by atoms with Crippen molar-refractivity contribution in [1.82, 2.24) is 20.6 Å². The molecule has 0 radical (unpaired) electrons. The predicted molar refractivity (Wildman–Crippen MR) is 106 cm³/mol. The SMILES string of the molecule is COc1ccc2sc(C(=O)Nc3nn[nH]n3)c(Sc3cccc(Cl)c3)c2c1F. The van der Waals surface area contributed by atoms with E-state index in [1.165, 1.54) is 24.9 Å². The molecule has 142 valence electrons. The van der Waals surface area contributed by atoms with Gasteiger partial charge in [-0.25, -0.2) is 4.39 Å². The number of fused-ring (bicyclic) bond motifs is 1. The summed E-state index contributed by atoms with van der Waals surface area (Å²) >= 11 is 8.48. The molecule has 0 saturated carbocycles. The summed E-state index contributed by atoms with van der Waals surface area (Å²) in [6.45, 7) is 0. The fraction of sp³-hybridized carbons (Fsp3) is 0.0588. The maximum absolute atomic E-state index is 15.0. The zero-order valence-electron chi connectivity index (χ0n) is 14.2. The summed E-state index contributed by atoms with van der Waals surface area (Å²) in [6, 6.07) is 10.4. The van der Waals surface area contributed by atoms with Crippen molar-refractivity contribution in [3.63, 3.8) is 0 Å². The van der Waals surface area contributed by atoms with Crippen LogP contribution in [0.2, 0.25) is 5.02 Å². The summed E-state index contributed by atoms with van der Waals surface area (Å²) in [5.74, 6) is -0.868.